The summed E-state index contributed by atoms with van der Waals surface area (Å²) < 4.78 is 32.7. The van der Waals surface area contributed by atoms with E-state index in [1.807, 2.05) is 0 Å². The third-order valence-electron chi connectivity index (χ3n) is 5.16. The van der Waals surface area contributed by atoms with Crippen LogP contribution >= 0.6 is 0 Å². The third-order valence-corrected chi connectivity index (χ3v) is 5.16. The lowest BCUT2D eigenvalue weighted by atomic mass is 9.96. The Morgan fingerprint density at radius 3 is 2.76 bits per heavy atom. The van der Waals surface area contributed by atoms with Crippen LogP contribution in [0, 0.1) is 18.6 Å². The highest BCUT2D eigenvalue weighted by molar-refractivity contribution is 5.91. The van der Waals surface area contributed by atoms with Crippen LogP contribution in [0.3, 0.4) is 0 Å². The number of benzene rings is 2. The molecule has 0 aliphatic carbocycles. The average Bonchev–Trinajstić information content (AvgIpc) is 2.70. The maximum absolute atomic E-state index is 13.7. The Kier molecular flexibility index (Phi) is 4.79. The first-order chi connectivity index (χ1) is 13.8. The Bertz CT molecular complexity index is 1180. The third kappa shape index (κ3) is 3.47. The highest BCUT2D eigenvalue weighted by Crippen LogP contribution is 2.33. The van der Waals surface area contributed by atoms with Gasteiger partial charge in [0, 0.05) is 24.0 Å². The number of carbonyl (C=O) groups excluding carboxylic acids is 1. The number of anilines is 1. The fraction of sp³-hybridized carbons (Fsp3) is 0.238. The minimum absolute atomic E-state index is 0.195. The Hall–Kier alpha value is -3.26. The van der Waals surface area contributed by atoms with E-state index in [9.17, 15) is 18.4 Å². The standard InChI is InChI=1S/C21H19F2N3O3/c1-11-7-13(4-6-16(11)23)24-21(28)26(2)18-10-29-9-17-19(18)14-5-3-12(22)8-15(14)20(27)25-17/h3-8,18H,9-10H2,1-2H3,(H,24,28)(H,25,27)/t18-/m1/s1. The molecule has 150 valence electrons. The summed E-state index contributed by atoms with van der Waals surface area (Å²) >= 11 is 0. The van der Waals surface area contributed by atoms with Gasteiger partial charge in [-0.1, -0.05) is 6.07 Å². The zero-order valence-corrected chi connectivity index (χ0v) is 15.9. The molecule has 0 spiro atoms. The molecule has 1 aliphatic heterocycles. The van der Waals surface area contributed by atoms with Gasteiger partial charge in [-0.3, -0.25) is 4.79 Å². The van der Waals surface area contributed by atoms with Crippen LogP contribution in [0.2, 0.25) is 0 Å². The van der Waals surface area contributed by atoms with Crippen molar-refractivity contribution in [2.24, 2.45) is 0 Å². The van der Waals surface area contributed by atoms with Crippen molar-refractivity contribution < 1.29 is 18.3 Å². The molecule has 2 N–H and O–H groups in total. The number of nitrogens with one attached hydrogen (secondary N) is 2. The van der Waals surface area contributed by atoms with Crippen molar-refractivity contribution in [2.75, 3.05) is 19.0 Å². The van der Waals surface area contributed by atoms with Crippen LogP contribution in [0.1, 0.15) is 22.9 Å². The van der Waals surface area contributed by atoms with Crippen molar-refractivity contribution >= 4 is 22.5 Å². The summed E-state index contributed by atoms with van der Waals surface area (Å²) in [5, 5.41) is 3.54. The molecule has 0 saturated heterocycles. The van der Waals surface area contributed by atoms with Crippen LogP contribution in [0.4, 0.5) is 19.3 Å². The maximum Gasteiger partial charge on any atom is 0.322 e. The fourth-order valence-corrected chi connectivity index (χ4v) is 3.60. The highest BCUT2D eigenvalue weighted by Gasteiger charge is 2.30. The summed E-state index contributed by atoms with van der Waals surface area (Å²) in [6, 6.07) is 7.42. The van der Waals surface area contributed by atoms with Gasteiger partial charge in [0.05, 0.1) is 24.6 Å². The van der Waals surface area contributed by atoms with Gasteiger partial charge in [-0.2, -0.15) is 0 Å². The van der Waals surface area contributed by atoms with Gasteiger partial charge in [0.1, 0.15) is 11.6 Å². The summed E-state index contributed by atoms with van der Waals surface area (Å²) in [7, 11) is 1.61. The van der Waals surface area contributed by atoms with Crippen LogP contribution in [-0.4, -0.2) is 29.6 Å². The molecule has 2 amide bonds. The molecular weight excluding hydrogens is 380 g/mol. The van der Waals surface area contributed by atoms with Crippen LogP contribution < -0.4 is 10.9 Å². The molecule has 3 aromatic rings. The number of ether oxygens (including phenoxy) is 1. The minimum atomic E-state index is -0.510. The van der Waals surface area contributed by atoms with Crippen molar-refractivity contribution in [3.63, 3.8) is 0 Å². The number of pyridine rings is 1. The number of rotatable bonds is 2. The van der Waals surface area contributed by atoms with E-state index in [0.717, 1.165) is 5.56 Å². The Labute approximate surface area is 165 Å². The Morgan fingerprint density at radius 2 is 2.00 bits per heavy atom. The quantitative estimate of drug-likeness (QED) is 0.687. The molecule has 0 unspecified atom stereocenters. The summed E-state index contributed by atoms with van der Waals surface area (Å²) in [5.41, 5.74) is 1.76. The average molecular weight is 399 g/mol. The maximum atomic E-state index is 13.7. The van der Waals surface area contributed by atoms with E-state index >= 15 is 0 Å². The number of H-pyrrole nitrogens is 1. The van der Waals surface area contributed by atoms with Crippen LogP contribution in [-0.2, 0) is 11.3 Å². The lowest BCUT2D eigenvalue weighted by Crippen LogP contribution is -2.39. The lowest BCUT2D eigenvalue weighted by molar-refractivity contribution is 0.0527. The molecule has 0 fully saturated rings. The molecule has 0 saturated carbocycles. The van der Waals surface area contributed by atoms with Crippen LogP contribution in [0.15, 0.2) is 41.2 Å². The van der Waals surface area contributed by atoms with E-state index in [1.165, 1.54) is 29.2 Å². The molecule has 2 aromatic carbocycles. The first-order valence-corrected chi connectivity index (χ1v) is 9.07. The second-order valence-corrected chi connectivity index (χ2v) is 7.07. The fourth-order valence-electron chi connectivity index (χ4n) is 3.60. The molecular formula is C21H19F2N3O3. The number of urea groups is 1. The number of carbonyl (C=O) groups is 1. The van der Waals surface area contributed by atoms with Crippen LogP contribution in [0.25, 0.3) is 10.8 Å². The van der Waals surface area contributed by atoms with Crippen molar-refractivity contribution in [1.82, 2.24) is 9.88 Å². The molecule has 2 heterocycles. The predicted octanol–water partition coefficient (Wildman–Crippen LogP) is 3.85. The van der Waals surface area contributed by atoms with E-state index in [1.54, 1.807) is 26.1 Å². The number of aromatic amines is 1. The number of likely N-dealkylation sites (N-methyl/N-ethyl adjacent to an activating group) is 1. The van der Waals surface area contributed by atoms with Crippen molar-refractivity contribution in [3.8, 4) is 0 Å². The number of amides is 2. The number of halogens is 2. The Balaban J connectivity index is 1.70. The first-order valence-electron chi connectivity index (χ1n) is 9.07. The van der Waals surface area contributed by atoms with Gasteiger partial charge in [0.2, 0.25) is 0 Å². The Morgan fingerprint density at radius 1 is 1.21 bits per heavy atom. The van der Waals surface area contributed by atoms with Crippen molar-refractivity contribution in [2.45, 2.75) is 19.6 Å². The van der Waals surface area contributed by atoms with Gasteiger partial charge in [-0.15, -0.1) is 0 Å². The van der Waals surface area contributed by atoms with E-state index in [-0.39, 0.29) is 24.4 Å². The van der Waals surface area contributed by atoms with Gasteiger partial charge in [0.25, 0.3) is 5.56 Å². The normalized spacial score (nSPS) is 15.8. The molecule has 0 radical (unpaired) electrons. The van der Waals surface area contributed by atoms with E-state index < -0.39 is 23.4 Å². The molecule has 1 aliphatic rings. The van der Waals surface area contributed by atoms with Gasteiger partial charge in [0.15, 0.2) is 0 Å². The first kappa shape index (κ1) is 19.1. The molecule has 4 rings (SSSR count). The topological polar surface area (TPSA) is 74.4 Å². The summed E-state index contributed by atoms with van der Waals surface area (Å²) in [5.74, 6) is -0.863. The number of fused-ring (bicyclic) bond motifs is 3. The number of aromatic nitrogens is 1. The van der Waals surface area contributed by atoms with E-state index in [0.29, 0.717) is 22.3 Å². The zero-order valence-electron chi connectivity index (χ0n) is 15.9. The SMILES string of the molecule is Cc1cc(NC(=O)N(C)[C@@H]2COCc3[nH]c(=O)c4cc(F)ccc4c32)ccc1F. The number of nitrogens with zero attached hydrogens (tertiary/aromatic N) is 1. The monoisotopic (exact) mass is 399 g/mol. The molecule has 1 atom stereocenters. The number of hydrogen-bond acceptors (Lipinski definition) is 3. The molecule has 1 aromatic heterocycles. The van der Waals surface area contributed by atoms with E-state index in [4.69, 9.17) is 4.74 Å². The number of aryl methyl sites for hydroxylation is 1. The molecule has 29 heavy (non-hydrogen) atoms. The van der Waals surface area contributed by atoms with E-state index in [2.05, 4.69) is 10.3 Å². The van der Waals surface area contributed by atoms with Crippen LogP contribution in [0.5, 0.6) is 0 Å². The van der Waals surface area contributed by atoms with Gasteiger partial charge in [-0.05, 0) is 48.2 Å². The molecule has 0 bridgehead atoms. The van der Waals surface area contributed by atoms with Gasteiger partial charge < -0.3 is 19.9 Å². The lowest BCUT2D eigenvalue weighted by Gasteiger charge is -2.33. The predicted molar refractivity (Wildman–Crippen MR) is 105 cm³/mol. The molecule has 6 nitrogen and oxygen atoms in total. The highest BCUT2D eigenvalue weighted by atomic mass is 19.1. The number of hydrogen-bond donors (Lipinski definition) is 2. The largest absolute Gasteiger partial charge is 0.373 e. The summed E-state index contributed by atoms with van der Waals surface area (Å²) in [6.45, 7) is 2.03. The van der Waals surface area contributed by atoms with Gasteiger partial charge >= 0.3 is 6.03 Å². The second-order valence-electron chi connectivity index (χ2n) is 7.07. The van der Waals surface area contributed by atoms with Gasteiger partial charge in [-0.25, -0.2) is 13.6 Å². The zero-order chi connectivity index (χ0) is 20.7. The van der Waals surface area contributed by atoms with Crippen molar-refractivity contribution in [1.29, 1.82) is 0 Å². The summed E-state index contributed by atoms with van der Waals surface area (Å²) in [4.78, 5) is 29.3. The summed E-state index contributed by atoms with van der Waals surface area (Å²) in [6.07, 6.45) is 0. The van der Waals surface area contributed by atoms with Crippen molar-refractivity contribution in [3.05, 3.63) is 75.2 Å². The second kappa shape index (κ2) is 7.29. The molecule has 8 heteroatoms. The minimum Gasteiger partial charge on any atom is -0.373 e. The smallest absolute Gasteiger partial charge is 0.322 e.